The summed E-state index contributed by atoms with van der Waals surface area (Å²) in [4.78, 5) is 25.0. The number of pyridine rings is 2. The van der Waals surface area contributed by atoms with Crippen molar-refractivity contribution in [2.24, 2.45) is 0 Å². The van der Waals surface area contributed by atoms with Gasteiger partial charge in [0.15, 0.2) is 24.8 Å². The molecule has 0 amide bonds. The van der Waals surface area contributed by atoms with Gasteiger partial charge in [-0.05, 0) is 72.5 Å². The van der Waals surface area contributed by atoms with Crippen molar-refractivity contribution in [2.45, 2.75) is 25.9 Å². The Morgan fingerprint density at radius 3 is 1.19 bits per heavy atom. The number of hydrogen-bond donors (Lipinski definition) is 0. The molecule has 2 aromatic carbocycles. The Bertz CT molecular complexity index is 1190. The van der Waals surface area contributed by atoms with Crippen molar-refractivity contribution in [2.75, 3.05) is 14.2 Å². The quantitative estimate of drug-likeness (QED) is 0.241. The Labute approximate surface area is 211 Å². The average Bonchev–Trinajstić information content (AvgIpc) is 2.93. The Hall–Kier alpha value is -4.32. The molecule has 0 radical (unpaired) electrons. The summed E-state index contributed by atoms with van der Waals surface area (Å²) in [6.07, 6.45) is 9.56. The van der Waals surface area contributed by atoms with Gasteiger partial charge in [0, 0.05) is 35.4 Å². The second-order valence-electron chi connectivity index (χ2n) is 8.56. The van der Waals surface area contributed by atoms with Crippen LogP contribution in [0.5, 0.6) is 11.5 Å². The van der Waals surface area contributed by atoms with Crippen LogP contribution in [0.4, 0.5) is 0 Å². The number of ketones is 2. The minimum atomic E-state index is 0.0541. The molecular weight excluding hydrogens is 452 g/mol. The van der Waals surface area contributed by atoms with Crippen LogP contribution in [0.1, 0.15) is 31.8 Å². The van der Waals surface area contributed by atoms with Crippen LogP contribution in [0.3, 0.4) is 0 Å². The van der Waals surface area contributed by atoms with E-state index in [1.807, 2.05) is 33.9 Å². The van der Waals surface area contributed by atoms with E-state index < -0.39 is 0 Å². The van der Waals surface area contributed by atoms with Gasteiger partial charge in [-0.15, -0.1) is 0 Å². The summed E-state index contributed by atoms with van der Waals surface area (Å²) in [7, 11) is 3.21. The molecule has 0 fully saturated rings. The molecule has 6 heteroatoms. The number of ether oxygens (including phenoxy) is 2. The Kier molecular flexibility index (Phi) is 8.19. The van der Waals surface area contributed by atoms with E-state index in [9.17, 15) is 9.59 Å². The zero-order valence-electron chi connectivity index (χ0n) is 20.6. The third-order valence-corrected chi connectivity index (χ3v) is 6.10. The van der Waals surface area contributed by atoms with Crippen molar-refractivity contribution in [3.8, 4) is 11.5 Å². The van der Waals surface area contributed by atoms with Gasteiger partial charge < -0.3 is 9.47 Å². The molecule has 182 valence electrons. The topological polar surface area (TPSA) is 60.4 Å². The predicted molar refractivity (Wildman–Crippen MR) is 135 cm³/mol. The van der Waals surface area contributed by atoms with Crippen LogP contribution >= 0.6 is 0 Å². The summed E-state index contributed by atoms with van der Waals surface area (Å²) in [5.74, 6) is 1.58. The van der Waals surface area contributed by atoms with Gasteiger partial charge in [-0.3, -0.25) is 9.59 Å². The zero-order valence-corrected chi connectivity index (χ0v) is 20.6. The van der Waals surface area contributed by atoms with E-state index in [-0.39, 0.29) is 11.6 Å². The van der Waals surface area contributed by atoms with Crippen molar-refractivity contribution in [1.29, 1.82) is 0 Å². The van der Waals surface area contributed by atoms with Gasteiger partial charge in [0.25, 0.3) is 0 Å². The molecule has 0 N–H and O–H groups in total. The third-order valence-electron chi connectivity index (χ3n) is 6.10. The van der Waals surface area contributed by atoms with E-state index in [0.29, 0.717) is 24.2 Å². The second-order valence-corrected chi connectivity index (χ2v) is 8.56. The largest absolute Gasteiger partial charge is 0.497 e. The maximum atomic E-state index is 12.5. The molecule has 0 saturated heterocycles. The number of carbonyl (C=O) groups excluding carboxylic acids is 2. The molecule has 0 aliphatic carbocycles. The summed E-state index contributed by atoms with van der Waals surface area (Å²) in [6, 6.07) is 22.5. The summed E-state index contributed by atoms with van der Waals surface area (Å²) >= 11 is 0. The van der Waals surface area contributed by atoms with E-state index >= 15 is 0 Å². The molecule has 0 unspecified atom stereocenters. The fourth-order valence-electron chi connectivity index (χ4n) is 3.88. The number of aryl methyl sites for hydroxylation is 2. The first-order valence-electron chi connectivity index (χ1n) is 11.8. The molecule has 4 aromatic rings. The molecule has 0 aliphatic rings. The second kappa shape index (κ2) is 11.9. The van der Waals surface area contributed by atoms with Crippen LogP contribution in [0.25, 0.3) is 0 Å². The maximum absolute atomic E-state index is 12.5. The minimum absolute atomic E-state index is 0.0541. The Morgan fingerprint density at radius 1 is 0.556 bits per heavy atom. The van der Waals surface area contributed by atoms with Gasteiger partial charge in [-0.1, -0.05) is 0 Å². The smallest absolute Gasteiger partial charge is 0.227 e. The Morgan fingerprint density at radius 2 is 0.889 bits per heavy atom. The van der Waals surface area contributed by atoms with E-state index in [1.54, 1.807) is 62.8 Å². The van der Waals surface area contributed by atoms with Crippen LogP contribution in [0.15, 0.2) is 97.6 Å². The summed E-state index contributed by atoms with van der Waals surface area (Å²) in [5.41, 5.74) is 3.74. The highest BCUT2D eigenvalue weighted by Gasteiger charge is 2.14. The van der Waals surface area contributed by atoms with Gasteiger partial charge in [0.1, 0.15) is 11.5 Å². The van der Waals surface area contributed by atoms with Gasteiger partial charge in [-0.2, -0.15) is 9.13 Å². The molecule has 2 aromatic heterocycles. The zero-order chi connectivity index (χ0) is 25.3. The standard InChI is InChI=1S/C30H30N2O4/c1-35-27-9-5-25(6-10-27)29(33)21-31-17-13-23(14-18-31)3-4-24-15-19-32(20-16-24)22-30(34)26-7-11-28(36-2)12-8-26/h5-20H,3-4,21-22H2,1-2H3/q+2. The van der Waals surface area contributed by atoms with Crippen LogP contribution in [0, 0.1) is 0 Å². The molecule has 36 heavy (non-hydrogen) atoms. The highest BCUT2D eigenvalue weighted by atomic mass is 16.5. The minimum Gasteiger partial charge on any atom is -0.497 e. The first-order valence-corrected chi connectivity index (χ1v) is 11.8. The van der Waals surface area contributed by atoms with Crippen molar-refractivity contribution in [3.63, 3.8) is 0 Å². The highest BCUT2D eigenvalue weighted by Crippen LogP contribution is 2.13. The molecule has 2 heterocycles. The van der Waals surface area contributed by atoms with Crippen molar-refractivity contribution >= 4 is 11.6 Å². The van der Waals surface area contributed by atoms with Gasteiger partial charge in [0.05, 0.1) is 14.2 Å². The normalized spacial score (nSPS) is 10.6. The van der Waals surface area contributed by atoms with Crippen molar-refractivity contribution < 1.29 is 28.2 Å². The molecular formula is C30H30N2O4+2. The first-order chi connectivity index (χ1) is 17.5. The number of carbonyl (C=O) groups is 2. The number of hydrogen-bond acceptors (Lipinski definition) is 4. The van der Waals surface area contributed by atoms with E-state index in [4.69, 9.17) is 9.47 Å². The summed E-state index contributed by atoms with van der Waals surface area (Å²) in [5, 5.41) is 0. The van der Waals surface area contributed by atoms with Crippen LogP contribution in [0.2, 0.25) is 0 Å². The SMILES string of the molecule is COc1ccc(C(=O)C[n+]2ccc(CCc3cc[n+](CC(=O)c4ccc(OC)cc4)cc3)cc2)cc1. The monoisotopic (exact) mass is 482 g/mol. The van der Waals surface area contributed by atoms with E-state index in [1.165, 1.54) is 11.1 Å². The molecule has 0 aliphatic heterocycles. The molecule has 0 atom stereocenters. The lowest BCUT2D eigenvalue weighted by atomic mass is 10.1. The summed E-state index contributed by atoms with van der Waals surface area (Å²) in [6.45, 7) is 0.584. The molecule has 0 bridgehead atoms. The predicted octanol–water partition coefficient (Wildman–Crippen LogP) is 3.83. The molecule has 6 nitrogen and oxygen atoms in total. The van der Waals surface area contributed by atoms with Crippen molar-refractivity contribution in [1.82, 2.24) is 0 Å². The lowest BCUT2D eigenvalue weighted by molar-refractivity contribution is -0.683. The number of methoxy groups -OCH3 is 2. The van der Waals surface area contributed by atoms with Crippen LogP contribution < -0.4 is 18.6 Å². The lowest BCUT2D eigenvalue weighted by Crippen LogP contribution is -2.37. The number of benzene rings is 2. The molecule has 4 rings (SSSR count). The van der Waals surface area contributed by atoms with Crippen molar-refractivity contribution in [3.05, 3.63) is 120 Å². The number of nitrogens with zero attached hydrogens (tertiary/aromatic N) is 2. The third kappa shape index (κ3) is 6.63. The van der Waals surface area contributed by atoms with E-state index in [2.05, 4.69) is 24.3 Å². The average molecular weight is 483 g/mol. The molecule has 0 saturated carbocycles. The fourth-order valence-corrected chi connectivity index (χ4v) is 3.88. The van der Waals surface area contributed by atoms with Crippen LogP contribution in [-0.4, -0.2) is 25.8 Å². The fraction of sp³-hybridized carbons (Fsp3) is 0.200. The van der Waals surface area contributed by atoms with Gasteiger partial charge in [0.2, 0.25) is 24.7 Å². The number of rotatable bonds is 11. The molecule has 0 spiro atoms. The number of aromatic nitrogens is 2. The van der Waals surface area contributed by atoms with E-state index in [0.717, 1.165) is 24.3 Å². The summed E-state index contributed by atoms with van der Waals surface area (Å²) < 4.78 is 14.1. The van der Waals surface area contributed by atoms with Gasteiger partial charge >= 0.3 is 0 Å². The van der Waals surface area contributed by atoms with Crippen LogP contribution in [-0.2, 0) is 25.9 Å². The number of Topliss-reactive ketones (excluding diaryl/α,β-unsaturated/α-hetero) is 2. The first kappa shape index (κ1) is 24.8. The maximum Gasteiger partial charge on any atom is 0.227 e. The Balaban J connectivity index is 1.26. The highest BCUT2D eigenvalue weighted by molar-refractivity contribution is 5.95. The van der Waals surface area contributed by atoms with Gasteiger partial charge in [-0.25, -0.2) is 0 Å². The lowest BCUT2D eigenvalue weighted by Gasteiger charge is -2.04.